The van der Waals surface area contributed by atoms with E-state index in [1.54, 1.807) is 0 Å². The van der Waals surface area contributed by atoms with Crippen molar-refractivity contribution in [2.24, 2.45) is 11.3 Å². The summed E-state index contributed by atoms with van der Waals surface area (Å²) in [7, 11) is 0. The summed E-state index contributed by atoms with van der Waals surface area (Å²) in [5.41, 5.74) is 0.748. The molecular formula is C13H17NO. The number of carbonyl (C=O) groups is 1. The molecule has 2 nitrogen and oxygen atoms in total. The first-order valence-corrected chi connectivity index (χ1v) is 5.47. The molecule has 1 N–H and O–H groups in total. The zero-order valence-corrected chi connectivity index (χ0v) is 9.29. The minimum atomic E-state index is -0.144. The fraction of sp³-hybridized carbons (Fsp3) is 0.462. The van der Waals surface area contributed by atoms with Crippen molar-refractivity contribution in [2.75, 3.05) is 5.32 Å². The van der Waals surface area contributed by atoms with Gasteiger partial charge in [-0.2, -0.15) is 0 Å². The van der Waals surface area contributed by atoms with E-state index < -0.39 is 0 Å². The first kappa shape index (κ1) is 10.2. The van der Waals surface area contributed by atoms with Gasteiger partial charge < -0.3 is 5.32 Å². The van der Waals surface area contributed by atoms with Crippen LogP contribution < -0.4 is 5.32 Å². The van der Waals surface area contributed by atoms with E-state index in [-0.39, 0.29) is 11.3 Å². The number of amides is 1. The third-order valence-corrected chi connectivity index (χ3v) is 3.18. The SMILES string of the molecule is CC1CC(C)(C(=O)Nc2ccccc2)C1. The molecule has 0 aliphatic heterocycles. The van der Waals surface area contributed by atoms with Crippen LogP contribution in [0, 0.1) is 11.3 Å². The highest BCUT2D eigenvalue weighted by Crippen LogP contribution is 2.45. The number of hydrogen-bond donors (Lipinski definition) is 1. The van der Waals surface area contributed by atoms with Crippen molar-refractivity contribution in [3.05, 3.63) is 30.3 Å². The summed E-state index contributed by atoms with van der Waals surface area (Å²) < 4.78 is 0. The lowest BCUT2D eigenvalue weighted by Crippen LogP contribution is -2.43. The van der Waals surface area contributed by atoms with Crippen molar-refractivity contribution in [3.63, 3.8) is 0 Å². The quantitative estimate of drug-likeness (QED) is 0.786. The summed E-state index contributed by atoms with van der Waals surface area (Å²) in [6.45, 7) is 4.24. The summed E-state index contributed by atoms with van der Waals surface area (Å²) in [4.78, 5) is 12.0. The Kier molecular flexibility index (Phi) is 2.51. The number of anilines is 1. The van der Waals surface area contributed by atoms with Gasteiger partial charge in [-0.1, -0.05) is 32.0 Å². The van der Waals surface area contributed by atoms with Crippen LogP contribution in [-0.2, 0) is 4.79 Å². The number of carbonyl (C=O) groups excluding carboxylic acids is 1. The average Bonchev–Trinajstić information content (AvgIpc) is 2.17. The molecule has 80 valence electrons. The maximum absolute atomic E-state index is 12.0. The Morgan fingerprint density at radius 3 is 2.47 bits per heavy atom. The second-order valence-electron chi connectivity index (χ2n) is 4.89. The largest absolute Gasteiger partial charge is 0.326 e. The molecular weight excluding hydrogens is 186 g/mol. The number of benzene rings is 1. The second-order valence-corrected chi connectivity index (χ2v) is 4.89. The Labute approximate surface area is 90.7 Å². The van der Waals surface area contributed by atoms with Gasteiger partial charge in [0.15, 0.2) is 0 Å². The van der Waals surface area contributed by atoms with E-state index in [1.165, 1.54) is 0 Å². The van der Waals surface area contributed by atoms with Crippen LogP contribution in [0.1, 0.15) is 26.7 Å². The standard InChI is InChI=1S/C13H17NO/c1-10-8-13(2,9-10)12(15)14-11-6-4-3-5-7-11/h3-7,10H,8-9H2,1-2H3,(H,14,15). The van der Waals surface area contributed by atoms with Gasteiger partial charge in [0.1, 0.15) is 0 Å². The summed E-state index contributed by atoms with van der Waals surface area (Å²) in [5.74, 6) is 0.850. The summed E-state index contributed by atoms with van der Waals surface area (Å²) >= 11 is 0. The van der Waals surface area contributed by atoms with Gasteiger partial charge in [0.2, 0.25) is 5.91 Å². The lowest BCUT2D eigenvalue weighted by molar-refractivity contribution is -0.131. The Balaban J connectivity index is 1.99. The summed E-state index contributed by atoms with van der Waals surface area (Å²) in [6.07, 6.45) is 2.01. The highest BCUT2D eigenvalue weighted by Gasteiger charge is 2.43. The van der Waals surface area contributed by atoms with Gasteiger partial charge in [-0.3, -0.25) is 4.79 Å². The maximum atomic E-state index is 12.0. The number of hydrogen-bond acceptors (Lipinski definition) is 1. The van der Waals surface area contributed by atoms with E-state index in [0.29, 0.717) is 5.92 Å². The lowest BCUT2D eigenvalue weighted by Gasteiger charge is -2.42. The molecule has 0 radical (unpaired) electrons. The number of rotatable bonds is 2. The van der Waals surface area contributed by atoms with Crippen LogP contribution in [0.3, 0.4) is 0 Å². The van der Waals surface area contributed by atoms with Crippen molar-refractivity contribution < 1.29 is 4.79 Å². The van der Waals surface area contributed by atoms with Crippen LogP contribution >= 0.6 is 0 Å². The Morgan fingerprint density at radius 1 is 1.33 bits per heavy atom. The van der Waals surface area contributed by atoms with Crippen LogP contribution in [0.25, 0.3) is 0 Å². The van der Waals surface area contributed by atoms with Crippen molar-refractivity contribution in [3.8, 4) is 0 Å². The number of para-hydroxylation sites is 1. The zero-order chi connectivity index (χ0) is 10.9. The molecule has 1 aliphatic rings. The predicted molar refractivity (Wildman–Crippen MR) is 61.6 cm³/mol. The summed E-state index contributed by atoms with van der Waals surface area (Å²) in [5, 5.41) is 2.97. The van der Waals surface area contributed by atoms with Gasteiger partial charge in [-0.25, -0.2) is 0 Å². The van der Waals surface area contributed by atoms with Crippen molar-refractivity contribution in [2.45, 2.75) is 26.7 Å². The molecule has 0 aromatic heterocycles. The van der Waals surface area contributed by atoms with E-state index in [4.69, 9.17) is 0 Å². The molecule has 0 bridgehead atoms. The van der Waals surface area contributed by atoms with Gasteiger partial charge in [-0.05, 0) is 30.9 Å². The van der Waals surface area contributed by atoms with Gasteiger partial charge in [0, 0.05) is 11.1 Å². The molecule has 0 heterocycles. The highest BCUT2D eigenvalue weighted by molar-refractivity contribution is 5.95. The molecule has 1 amide bonds. The molecule has 1 aliphatic carbocycles. The van der Waals surface area contributed by atoms with Gasteiger partial charge >= 0.3 is 0 Å². The van der Waals surface area contributed by atoms with Crippen LogP contribution in [0.2, 0.25) is 0 Å². The van der Waals surface area contributed by atoms with Crippen molar-refractivity contribution >= 4 is 11.6 Å². The molecule has 1 fully saturated rings. The molecule has 0 spiro atoms. The molecule has 0 atom stereocenters. The van der Waals surface area contributed by atoms with Crippen LogP contribution in [-0.4, -0.2) is 5.91 Å². The molecule has 15 heavy (non-hydrogen) atoms. The zero-order valence-electron chi connectivity index (χ0n) is 9.29. The van der Waals surface area contributed by atoms with Crippen molar-refractivity contribution in [1.29, 1.82) is 0 Å². The van der Waals surface area contributed by atoms with Crippen LogP contribution in [0.15, 0.2) is 30.3 Å². The smallest absolute Gasteiger partial charge is 0.230 e. The normalized spacial score (nSPS) is 29.3. The molecule has 1 aromatic carbocycles. The first-order valence-electron chi connectivity index (χ1n) is 5.47. The third kappa shape index (κ3) is 2.04. The molecule has 0 unspecified atom stereocenters. The fourth-order valence-corrected chi connectivity index (χ4v) is 2.47. The fourth-order valence-electron chi connectivity index (χ4n) is 2.47. The molecule has 0 saturated heterocycles. The van der Waals surface area contributed by atoms with Gasteiger partial charge in [-0.15, -0.1) is 0 Å². The molecule has 1 saturated carbocycles. The van der Waals surface area contributed by atoms with E-state index in [2.05, 4.69) is 12.2 Å². The summed E-state index contributed by atoms with van der Waals surface area (Å²) in [6, 6.07) is 9.65. The minimum absolute atomic E-state index is 0.144. The second kappa shape index (κ2) is 3.69. The van der Waals surface area contributed by atoms with Crippen LogP contribution in [0.4, 0.5) is 5.69 Å². The van der Waals surface area contributed by atoms with E-state index in [1.807, 2.05) is 37.3 Å². The predicted octanol–water partition coefficient (Wildman–Crippen LogP) is 3.06. The molecule has 2 rings (SSSR count). The Bertz CT molecular complexity index is 352. The maximum Gasteiger partial charge on any atom is 0.230 e. The minimum Gasteiger partial charge on any atom is -0.326 e. The van der Waals surface area contributed by atoms with E-state index >= 15 is 0 Å². The average molecular weight is 203 g/mol. The van der Waals surface area contributed by atoms with Gasteiger partial charge in [0.25, 0.3) is 0 Å². The highest BCUT2D eigenvalue weighted by atomic mass is 16.2. The van der Waals surface area contributed by atoms with E-state index in [9.17, 15) is 4.79 Å². The van der Waals surface area contributed by atoms with Crippen molar-refractivity contribution in [1.82, 2.24) is 0 Å². The van der Waals surface area contributed by atoms with Crippen LogP contribution in [0.5, 0.6) is 0 Å². The topological polar surface area (TPSA) is 29.1 Å². The monoisotopic (exact) mass is 203 g/mol. The Morgan fingerprint density at radius 2 is 1.93 bits per heavy atom. The number of nitrogens with one attached hydrogen (secondary N) is 1. The third-order valence-electron chi connectivity index (χ3n) is 3.18. The Hall–Kier alpha value is -1.31. The van der Waals surface area contributed by atoms with E-state index in [0.717, 1.165) is 18.5 Å². The molecule has 2 heteroatoms. The molecule has 1 aromatic rings. The van der Waals surface area contributed by atoms with Gasteiger partial charge in [0.05, 0.1) is 0 Å². The first-order chi connectivity index (χ1) is 7.10. The lowest BCUT2D eigenvalue weighted by atomic mass is 9.63.